The minimum absolute atomic E-state index is 0.00202. The van der Waals surface area contributed by atoms with Gasteiger partial charge in [-0.1, -0.05) is 0 Å². The fraction of sp³-hybridized carbons (Fsp3) is 0.458. The Kier molecular flexibility index (Phi) is 12.7. The summed E-state index contributed by atoms with van der Waals surface area (Å²) in [7, 11) is 1.36. The lowest BCUT2D eigenvalue weighted by Crippen LogP contribution is -2.56. The molecule has 0 bridgehead atoms. The number of anilines is 1. The number of aliphatic hydroxyl groups excluding tert-OH is 1. The van der Waals surface area contributed by atoms with Crippen molar-refractivity contribution in [3.05, 3.63) is 23.2 Å². The van der Waals surface area contributed by atoms with E-state index < -0.39 is 41.8 Å². The molecule has 0 aliphatic carbocycles. The van der Waals surface area contributed by atoms with Crippen molar-refractivity contribution >= 4 is 56.8 Å². The highest BCUT2D eigenvalue weighted by atomic mass is 32.1. The number of nitrogens with two attached hydrogens (primary N) is 2. The number of nitriles is 1. The lowest BCUT2D eigenvalue weighted by atomic mass is 10.1. The number of hydrogen-bond acceptors (Lipinski definition) is 10. The first-order valence-corrected chi connectivity index (χ1v) is 13.1. The molecule has 0 aliphatic rings. The molecule has 15 nitrogen and oxygen atoms in total. The smallest absolute Gasteiger partial charge is 0.246 e. The number of methoxy groups -OCH3 is 1. The number of ether oxygens (including phenoxy) is 1. The third-order valence-corrected chi connectivity index (χ3v) is 6.28. The number of carbonyl (C=O) groups excluding carboxylic acids is 4. The van der Waals surface area contributed by atoms with E-state index in [0.29, 0.717) is 22.3 Å². The van der Waals surface area contributed by atoms with E-state index in [-0.39, 0.29) is 43.5 Å². The van der Waals surface area contributed by atoms with Crippen LogP contribution in [-0.4, -0.2) is 84.7 Å². The van der Waals surface area contributed by atoms with Gasteiger partial charge in [0.05, 0.1) is 16.3 Å². The topological polar surface area (TPSA) is 247 Å². The van der Waals surface area contributed by atoms with Gasteiger partial charge in [-0.15, -0.1) is 11.3 Å². The van der Waals surface area contributed by atoms with Gasteiger partial charge in [-0.2, -0.15) is 5.26 Å². The van der Waals surface area contributed by atoms with Crippen molar-refractivity contribution in [3.8, 4) is 6.07 Å². The maximum Gasteiger partial charge on any atom is 0.246 e. The van der Waals surface area contributed by atoms with E-state index in [4.69, 9.17) is 16.7 Å². The number of rotatable bonds is 15. The fourth-order valence-corrected chi connectivity index (χ4v) is 4.26. The molecule has 1 heterocycles. The van der Waals surface area contributed by atoms with Gasteiger partial charge in [0.2, 0.25) is 23.6 Å². The SMILES string of the molecule is COCC(=O)NCCC(=O)N[C@H](C(=O)N[C@@H](CCCN=C(N)N)C(=O)Nc1ccc2nc(C#N)sc2c1)[C@H](C)O. The number of amides is 4. The van der Waals surface area contributed by atoms with Crippen LogP contribution in [0.4, 0.5) is 5.69 Å². The first-order valence-electron chi connectivity index (χ1n) is 12.2. The summed E-state index contributed by atoms with van der Waals surface area (Å²) >= 11 is 1.17. The molecule has 1 aromatic heterocycles. The zero-order chi connectivity index (χ0) is 29.7. The van der Waals surface area contributed by atoms with Crippen molar-refractivity contribution in [2.45, 2.75) is 44.4 Å². The second-order valence-corrected chi connectivity index (χ2v) is 9.66. The molecule has 1 aromatic carbocycles. The van der Waals surface area contributed by atoms with E-state index in [0.717, 1.165) is 0 Å². The van der Waals surface area contributed by atoms with Crippen LogP contribution in [-0.2, 0) is 23.9 Å². The molecule has 0 fully saturated rings. The van der Waals surface area contributed by atoms with Crippen molar-refractivity contribution in [3.63, 3.8) is 0 Å². The molecule has 0 aliphatic heterocycles. The summed E-state index contributed by atoms with van der Waals surface area (Å²) in [6.45, 7) is 1.36. The molecule has 0 saturated carbocycles. The number of benzene rings is 1. The van der Waals surface area contributed by atoms with Crippen LogP contribution >= 0.6 is 11.3 Å². The van der Waals surface area contributed by atoms with E-state index in [1.807, 2.05) is 6.07 Å². The minimum atomic E-state index is -1.37. The molecule has 40 heavy (non-hydrogen) atoms. The highest BCUT2D eigenvalue weighted by molar-refractivity contribution is 7.19. The zero-order valence-corrected chi connectivity index (χ0v) is 22.9. The van der Waals surface area contributed by atoms with E-state index in [2.05, 4.69) is 36.0 Å². The average Bonchev–Trinajstić information content (AvgIpc) is 3.31. The molecule has 0 spiro atoms. The molecule has 2 aromatic rings. The first-order chi connectivity index (χ1) is 19.0. The predicted molar refractivity (Wildman–Crippen MR) is 148 cm³/mol. The Morgan fingerprint density at radius 1 is 1.20 bits per heavy atom. The summed E-state index contributed by atoms with van der Waals surface area (Å²) < 4.78 is 5.38. The van der Waals surface area contributed by atoms with Crippen molar-refractivity contribution in [1.29, 1.82) is 5.26 Å². The van der Waals surface area contributed by atoms with Crippen LogP contribution in [0.5, 0.6) is 0 Å². The van der Waals surface area contributed by atoms with Crippen LogP contribution in [0.25, 0.3) is 10.2 Å². The van der Waals surface area contributed by atoms with Gasteiger partial charge in [0.25, 0.3) is 0 Å². The zero-order valence-electron chi connectivity index (χ0n) is 22.1. The normalized spacial score (nSPS) is 12.8. The summed E-state index contributed by atoms with van der Waals surface area (Å²) in [6, 6.07) is 4.47. The Morgan fingerprint density at radius 2 is 1.95 bits per heavy atom. The highest BCUT2D eigenvalue weighted by Gasteiger charge is 2.29. The molecule has 3 atom stereocenters. The Balaban J connectivity index is 2.10. The van der Waals surface area contributed by atoms with E-state index >= 15 is 0 Å². The van der Waals surface area contributed by atoms with E-state index in [9.17, 15) is 24.3 Å². The second kappa shape index (κ2) is 15.9. The van der Waals surface area contributed by atoms with Crippen LogP contribution in [0, 0.1) is 11.3 Å². The van der Waals surface area contributed by atoms with Crippen LogP contribution in [0.2, 0.25) is 0 Å². The lowest BCUT2D eigenvalue weighted by Gasteiger charge is -2.24. The quantitative estimate of drug-likeness (QED) is 0.0748. The molecular formula is C24H33N9O6S. The largest absolute Gasteiger partial charge is 0.391 e. The molecule has 0 saturated heterocycles. The van der Waals surface area contributed by atoms with Crippen molar-refractivity contribution in [1.82, 2.24) is 20.9 Å². The summed E-state index contributed by atoms with van der Waals surface area (Å²) in [4.78, 5) is 58.1. The number of aliphatic hydroxyl groups is 1. The van der Waals surface area contributed by atoms with Gasteiger partial charge in [-0.3, -0.25) is 24.2 Å². The molecule has 0 unspecified atom stereocenters. The molecule has 16 heteroatoms. The number of guanidine groups is 1. The van der Waals surface area contributed by atoms with Crippen LogP contribution in [0.3, 0.4) is 0 Å². The van der Waals surface area contributed by atoms with Gasteiger partial charge in [0.1, 0.15) is 24.8 Å². The number of fused-ring (bicyclic) bond motifs is 1. The van der Waals surface area contributed by atoms with Gasteiger partial charge in [0, 0.05) is 32.3 Å². The van der Waals surface area contributed by atoms with Gasteiger partial charge >= 0.3 is 0 Å². The van der Waals surface area contributed by atoms with Crippen molar-refractivity contribution < 1.29 is 29.0 Å². The Bertz CT molecular complexity index is 1270. The number of thiazole rings is 1. The van der Waals surface area contributed by atoms with E-state index in [1.165, 1.54) is 25.4 Å². The lowest BCUT2D eigenvalue weighted by molar-refractivity contribution is -0.133. The average molecular weight is 576 g/mol. The van der Waals surface area contributed by atoms with Crippen LogP contribution in [0.1, 0.15) is 31.2 Å². The van der Waals surface area contributed by atoms with Gasteiger partial charge in [0.15, 0.2) is 11.0 Å². The minimum Gasteiger partial charge on any atom is -0.391 e. The van der Waals surface area contributed by atoms with Gasteiger partial charge in [-0.25, -0.2) is 4.98 Å². The van der Waals surface area contributed by atoms with Gasteiger partial charge < -0.3 is 42.6 Å². The Morgan fingerprint density at radius 3 is 2.60 bits per heavy atom. The number of nitrogens with zero attached hydrogens (tertiary/aromatic N) is 3. The molecule has 9 N–H and O–H groups in total. The molecule has 4 amide bonds. The second-order valence-electron chi connectivity index (χ2n) is 8.63. The van der Waals surface area contributed by atoms with E-state index in [1.54, 1.807) is 18.2 Å². The van der Waals surface area contributed by atoms with Crippen molar-refractivity contribution in [2.24, 2.45) is 16.5 Å². The monoisotopic (exact) mass is 575 g/mol. The number of carbonyl (C=O) groups is 4. The van der Waals surface area contributed by atoms with Gasteiger partial charge in [-0.05, 0) is 38.0 Å². The number of nitrogens with one attached hydrogen (secondary N) is 4. The highest BCUT2D eigenvalue weighted by Crippen LogP contribution is 2.25. The Labute approximate surface area is 234 Å². The number of aliphatic imine (C=N–C) groups is 1. The third kappa shape index (κ3) is 10.4. The standard InChI is InChI=1S/C24H33N9O6S/c1-13(34)21(33-18(35)7-9-28-19(36)12-39-2)23(38)32-16(4-3-8-29-24(26)27)22(37)30-14-5-6-15-17(10-14)40-20(11-25)31-15/h5-6,10,13,16,21,34H,3-4,7-9,12H2,1-2H3,(H,28,36)(H,30,37)(H,32,38)(H,33,35)(H4,26,27,29)/t13-,16-,21-/m0/s1. The van der Waals surface area contributed by atoms with Crippen LogP contribution in [0.15, 0.2) is 23.2 Å². The number of aromatic nitrogens is 1. The Hall–Kier alpha value is -4.33. The summed E-state index contributed by atoms with van der Waals surface area (Å²) in [5, 5.41) is 29.7. The third-order valence-electron chi connectivity index (χ3n) is 5.36. The maximum absolute atomic E-state index is 13.2. The fourth-order valence-electron chi connectivity index (χ4n) is 3.46. The summed E-state index contributed by atoms with van der Waals surface area (Å²) in [6.07, 6.45) is -0.966. The molecule has 0 radical (unpaired) electrons. The predicted octanol–water partition coefficient (Wildman–Crippen LogP) is -1.34. The molecular weight excluding hydrogens is 542 g/mol. The summed E-state index contributed by atoms with van der Waals surface area (Å²) in [5.41, 5.74) is 11.7. The first kappa shape index (κ1) is 31.9. The number of hydrogen-bond donors (Lipinski definition) is 7. The molecule has 2 rings (SSSR count). The summed E-state index contributed by atoms with van der Waals surface area (Å²) in [5.74, 6) is -2.46. The van der Waals surface area contributed by atoms with Crippen molar-refractivity contribution in [2.75, 3.05) is 32.1 Å². The maximum atomic E-state index is 13.2. The molecule has 216 valence electrons. The van der Waals surface area contributed by atoms with Crippen LogP contribution < -0.4 is 32.7 Å².